The molecule has 0 heterocycles. The van der Waals surface area contributed by atoms with Crippen molar-refractivity contribution < 1.29 is 22.2 Å². The average Bonchev–Trinajstić information content (AvgIpc) is 2.28. The van der Waals surface area contributed by atoms with E-state index < -0.39 is 28.4 Å². The van der Waals surface area contributed by atoms with Gasteiger partial charge < -0.3 is 11.1 Å². The van der Waals surface area contributed by atoms with Crippen molar-refractivity contribution in [2.24, 2.45) is 5.92 Å². The summed E-state index contributed by atoms with van der Waals surface area (Å²) in [6.07, 6.45) is -4.49. The average molecular weight is 322 g/mol. The lowest BCUT2D eigenvalue weighted by Gasteiger charge is -2.12. The minimum Gasteiger partial charge on any atom is -0.397 e. The van der Waals surface area contributed by atoms with Crippen LogP contribution in [0.15, 0.2) is 18.2 Å². The van der Waals surface area contributed by atoms with Gasteiger partial charge in [-0.15, -0.1) is 0 Å². The van der Waals surface area contributed by atoms with Crippen LogP contribution in [0.5, 0.6) is 0 Å². The van der Waals surface area contributed by atoms with Crippen LogP contribution in [0, 0.1) is 5.92 Å². The molecule has 0 saturated carbocycles. The van der Waals surface area contributed by atoms with E-state index in [0.29, 0.717) is 5.75 Å². The second kappa shape index (κ2) is 6.93. The molecule has 0 aromatic heterocycles. The molecule has 0 saturated heterocycles. The van der Waals surface area contributed by atoms with Crippen molar-refractivity contribution in [1.82, 2.24) is 0 Å². The molecular weight excluding hydrogens is 305 g/mol. The Labute approximate surface area is 123 Å². The van der Waals surface area contributed by atoms with Gasteiger partial charge in [-0.3, -0.25) is 9.00 Å². The molecule has 0 aliphatic carbocycles. The van der Waals surface area contributed by atoms with E-state index in [1.165, 1.54) is 0 Å². The number of halogens is 3. The maximum absolute atomic E-state index is 12.5. The van der Waals surface area contributed by atoms with Crippen LogP contribution in [0.3, 0.4) is 0 Å². The molecule has 0 bridgehead atoms. The Balaban J connectivity index is 2.71. The number of rotatable bonds is 5. The number of nitrogen functional groups attached to an aromatic ring is 1. The minimum atomic E-state index is -4.49. The Morgan fingerprint density at radius 3 is 2.48 bits per heavy atom. The molecule has 0 aliphatic heterocycles. The zero-order valence-corrected chi connectivity index (χ0v) is 12.5. The Bertz CT molecular complexity index is 545. The summed E-state index contributed by atoms with van der Waals surface area (Å²) in [6, 6.07) is 2.67. The van der Waals surface area contributed by atoms with Crippen LogP contribution in [0.4, 0.5) is 24.5 Å². The zero-order valence-electron chi connectivity index (χ0n) is 11.7. The van der Waals surface area contributed by atoms with Gasteiger partial charge >= 0.3 is 6.18 Å². The van der Waals surface area contributed by atoms with Crippen molar-refractivity contribution in [3.8, 4) is 0 Å². The molecule has 1 unspecified atom stereocenters. The van der Waals surface area contributed by atoms with Crippen LogP contribution in [0.25, 0.3) is 0 Å². The number of alkyl halides is 3. The smallest absolute Gasteiger partial charge is 0.397 e. The first-order chi connectivity index (χ1) is 9.59. The molecule has 3 N–H and O–H groups in total. The Kier molecular flexibility index (Phi) is 5.77. The summed E-state index contributed by atoms with van der Waals surface area (Å²) in [7, 11) is -1.31. The standard InChI is InChI=1S/C13H17F3N2O2S/c1-8(2)6-21(20)7-12(19)18-11-4-3-9(5-10(11)17)13(14,15)16/h3-5,8H,6-7,17H2,1-2H3,(H,18,19). The number of anilines is 2. The zero-order chi connectivity index (χ0) is 16.2. The summed E-state index contributed by atoms with van der Waals surface area (Å²) in [6.45, 7) is 3.76. The van der Waals surface area contributed by atoms with Crippen molar-refractivity contribution in [3.05, 3.63) is 23.8 Å². The van der Waals surface area contributed by atoms with E-state index in [2.05, 4.69) is 5.32 Å². The third-order valence-electron chi connectivity index (χ3n) is 2.46. The number of hydrogen-bond donors (Lipinski definition) is 2. The van der Waals surface area contributed by atoms with Crippen LogP contribution in [-0.4, -0.2) is 21.6 Å². The molecule has 21 heavy (non-hydrogen) atoms. The van der Waals surface area contributed by atoms with Gasteiger partial charge in [-0.25, -0.2) is 0 Å². The highest BCUT2D eigenvalue weighted by Crippen LogP contribution is 2.32. The SMILES string of the molecule is CC(C)CS(=O)CC(=O)Nc1ccc(C(F)(F)F)cc1N. The molecule has 0 fully saturated rings. The van der Waals surface area contributed by atoms with E-state index in [9.17, 15) is 22.2 Å². The van der Waals surface area contributed by atoms with Crippen molar-refractivity contribution in [2.45, 2.75) is 20.0 Å². The van der Waals surface area contributed by atoms with E-state index >= 15 is 0 Å². The van der Waals surface area contributed by atoms with Crippen molar-refractivity contribution >= 4 is 28.1 Å². The topological polar surface area (TPSA) is 72.2 Å². The van der Waals surface area contributed by atoms with E-state index in [0.717, 1.165) is 18.2 Å². The number of benzene rings is 1. The second-order valence-electron chi connectivity index (χ2n) is 4.99. The number of amides is 1. The fourth-order valence-corrected chi connectivity index (χ4v) is 2.84. The van der Waals surface area contributed by atoms with Gasteiger partial charge in [0.2, 0.25) is 5.91 Å². The summed E-state index contributed by atoms with van der Waals surface area (Å²) in [5, 5.41) is 2.37. The van der Waals surface area contributed by atoms with Crippen LogP contribution in [0.2, 0.25) is 0 Å². The Hall–Kier alpha value is -1.57. The maximum Gasteiger partial charge on any atom is 0.416 e. The van der Waals surface area contributed by atoms with Gasteiger partial charge in [0.1, 0.15) is 5.75 Å². The first-order valence-corrected chi connectivity index (χ1v) is 7.70. The minimum absolute atomic E-state index is 0.0783. The lowest BCUT2D eigenvalue weighted by molar-refractivity contribution is -0.137. The number of carbonyl (C=O) groups excluding carboxylic acids is 1. The predicted octanol–water partition coefficient (Wildman–Crippen LogP) is 2.63. The van der Waals surface area contributed by atoms with E-state index in [1.807, 2.05) is 13.8 Å². The van der Waals surface area contributed by atoms with Gasteiger partial charge in [-0.05, 0) is 24.1 Å². The normalized spacial score (nSPS) is 13.2. The van der Waals surface area contributed by atoms with Crippen molar-refractivity contribution in [3.63, 3.8) is 0 Å². The molecule has 1 aromatic carbocycles. The molecular formula is C13H17F3N2O2S. The highest BCUT2D eigenvalue weighted by atomic mass is 32.2. The molecule has 0 spiro atoms. The van der Waals surface area contributed by atoms with Crippen LogP contribution < -0.4 is 11.1 Å². The van der Waals surface area contributed by atoms with E-state index in [1.54, 1.807) is 0 Å². The lowest BCUT2D eigenvalue weighted by atomic mass is 10.1. The van der Waals surface area contributed by atoms with Crippen LogP contribution >= 0.6 is 0 Å². The fourth-order valence-electron chi connectivity index (χ4n) is 1.62. The summed E-state index contributed by atoms with van der Waals surface area (Å²) >= 11 is 0. The third-order valence-corrected chi connectivity index (χ3v) is 4.09. The molecule has 1 amide bonds. The molecule has 1 atom stereocenters. The molecule has 4 nitrogen and oxygen atoms in total. The predicted molar refractivity (Wildman–Crippen MR) is 77.2 cm³/mol. The van der Waals surface area contributed by atoms with E-state index in [4.69, 9.17) is 5.73 Å². The van der Waals surface area contributed by atoms with Gasteiger partial charge in [-0.2, -0.15) is 13.2 Å². The highest BCUT2D eigenvalue weighted by molar-refractivity contribution is 7.85. The molecule has 0 aliphatic rings. The first-order valence-electron chi connectivity index (χ1n) is 6.21. The molecule has 0 radical (unpaired) electrons. The quantitative estimate of drug-likeness (QED) is 0.819. The van der Waals surface area contributed by atoms with Crippen LogP contribution in [-0.2, 0) is 21.8 Å². The van der Waals surface area contributed by atoms with E-state index in [-0.39, 0.29) is 23.0 Å². The lowest BCUT2D eigenvalue weighted by Crippen LogP contribution is -2.22. The summed E-state index contributed by atoms with van der Waals surface area (Å²) < 4.78 is 49.0. The second-order valence-corrected chi connectivity index (χ2v) is 6.49. The van der Waals surface area contributed by atoms with Crippen LogP contribution in [0.1, 0.15) is 19.4 Å². The number of carbonyl (C=O) groups is 1. The highest BCUT2D eigenvalue weighted by Gasteiger charge is 2.30. The van der Waals surface area contributed by atoms with Crippen molar-refractivity contribution in [1.29, 1.82) is 0 Å². The number of nitrogens with two attached hydrogens (primary N) is 1. The van der Waals surface area contributed by atoms with Gasteiger partial charge in [0.15, 0.2) is 0 Å². The third kappa shape index (κ3) is 5.74. The monoisotopic (exact) mass is 322 g/mol. The van der Waals surface area contributed by atoms with Crippen molar-refractivity contribution in [2.75, 3.05) is 22.6 Å². The largest absolute Gasteiger partial charge is 0.416 e. The van der Waals surface area contributed by atoms with Gasteiger partial charge in [-0.1, -0.05) is 13.8 Å². The molecule has 1 aromatic rings. The number of nitrogens with one attached hydrogen (secondary N) is 1. The Morgan fingerprint density at radius 2 is 2.00 bits per heavy atom. The molecule has 118 valence electrons. The van der Waals surface area contributed by atoms with Gasteiger partial charge in [0.05, 0.1) is 16.9 Å². The Morgan fingerprint density at radius 1 is 1.38 bits per heavy atom. The number of hydrogen-bond acceptors (Lipinski definition) is 3. The van der Waals surface area contributed by atoms with Gasteiger partial charge in [0, 0.05) is 16.6 Å². The summed E-state index contributed by atoms with van der Waals surface area (Å²) in [4.78, 5) is 11.7. The first kappa shape index (κ1) is 17.5. The molecule has 1 rings (SSSR count). The maximum atomic E-state index is 12.5. The summed E-state index contributed by atoms with van der Waals surface area (Å²) in [5.74, 6) is -0.176. The van der Waals surface area contributed by atoms with Gasteiger partial charge in [0.25, 0.3) is 0 Å². The summed E-state index contributed by atoms with van der Waals surface area (Å²) in [5.41, 5.74) is 4.49. The fraction of sp³-hybridized carbons (Fsp3) is 0.462. The molecule has 8 heteroatoms.